The van der Waals surface area contributed by atoms with Crippen molar-refractivity contribution in [3.8, 4) is 0 Å². The average molecular weight is 568 g/mol. The van der Waals surface area contributed by atoms with Crippen LogP contribution in [0.1, 0.15) is 62.9 Å². The molecule has 0 aliphatic heterocycles. The van der Waals surface area contributed by atoms with Gasteiger partial charge in [0.25, 0.3) is 11.5 Å². The van der Waals surface area contributed by atoms with Gasteiger partial charge in [0, 0.05) is 39.6 Å². The number of aromatic nitrogens is 4. The molecule has 13 nitrogen and oxygen atoms in total. The van der Waals surface area contributed by atoms with Crippen LogP contribution in [0.2, 0.25) is 0 Å². The molecule has 3 aromatic heterocycles. The molecule has 2 saturated carbocycles. The standard InChI is InChI=1S/C28H37N7O6/c1-28(2,3)41-27(38)33(4)23-14-22(30-20-8-7-11-34(26(20)37)16-12-17(13-16)39-5)32-24-18(15-29-35(23)24)25(36)31-19-9-10-21(19)40-6/h7-8,11,14-17,19,21H,9-10,12-13H2,1-6H3,(H,30,32)(H,31,36)/t16?,17?,19?,21-/m0/s1. The van der Waals surface area contributed by atoms with Crippen LogP contribution >= 0.6 is 0 Å². The maximum atomic E-state index is 13.3. The lowest BCUT2D eigenvalue weighted by Crippen LogP contribution is -2.51. The van der Waals surface area contributed by atoms with Crippen LogP contribution in [-0.4, -0.2) is 76.3 Å². The fraction of sp³-hybridized carbons (Fsp3) is 0.536. The fourth-order valence-corrected chi connectivity index (χ4v) is 4.99. The fourth-order valence-electron chi connectivity index (χ4n) is 4.99. The normalized spacial score (nSPS) is 22.0. The molecule has 3 aromatic rings. The highest BCUT2D eigenvalue weighted by Crippen LogP contribution is 2.33. The molecule has 0 bridgehead atoms. The van der Waals surface area contributed by atoms with Gasteiger partial charge in [0.1, 0.15) is 28.5 Å². The zero-order valence-electron chi connectivity index (χ0n) is 24.2. The molecule has 2 amide bonds. The molecule has 0 saturated heterocycles. The van der Waals surface area contributed by atoms with Crippen molar-refractivity contribution in [2.75, 3.05) is 31.5 Å². The number of fused-ring (bicyclic) bond motifs is 1. The highest BCUT2D eigenvalue weighted by atomic mass is 16.6. The number of rotatable bonds is 8. The molecule has 2 N–H and O–H groups in total. The second-order valence-corrected chi connectivity index (χ2v) is 11.5. The molecule has 2 fully saturated rings. The van der Waals surface area contributed by atoms with Crippen LogP contribution < -0.4 is 21.1 Å². The monoisotopic (exact) mass is 567 g/mol. The number of nitrogens with zero attached hydrogens (tertiary/aromatic N) is 5. The zero-order chi connectivity index (χ0) is 29.5. The largest absolute Gasteiger partial charge is 0.443 e. The van der Waals surface area contributed by atoms with Gasteiger partial charge in [-0.25, -0.2) is 9.78 Å². The topological polar surface area (TPSA) is 141 Å². The maximum absolute atomic E-state index is 13.3. The second-order valence-electron chi connectivity index (χ2n) is 11.5. The molecule has 2 aliphatic rings. The van der Waals surface area contributed by atoms with Gasteiger partial charge in [0.2, 0.25) is 0 Å². The number of carbonyl (C=O) groups is 2. The molecule has 0 aromatic carbocycles. The molecule has 13 heteroatoms. The number of carbonyl (C=O) groups excluding carboxylic acids is 2. The van der Waals surface area contributed by atoms with E-state index in [0.29, 0.717) is 11.5 Å². The summed E-state index contributed by atoms with van der Waals surface area (Å²) in [6.07, 6.45) is 5.84. The van der Waals surface area contributed by atoms with Gasteiger partial charge in [-0.3, -0.25) is 14.5 Å². The van der Waals surface area contributed by atoms with E-state index in [1.165, 1.54) is 15.6 Å². The molecule has 2 aliphatic carbocycles. The molecular formula is C28H37N7O6. The molecule has 220 valence electrons. The number of amides is 2. The van der Waals surface area contributed by atoms with Crippen LogP contribution in [0, 0.1) is 0 Å². The number of ether oxygens (including phenoxy) is 3. The predicted molar refractivity (Wildman–Crippen MR) is 152 cm³/mol. The predicted octanol–water partition coefficient (Wildman–Crippen LogP) is 3.26. The van der Waals surface area contributed by atoms with Gasteiger partial charge >= 0.3 is 6.09 Å². The highest BCUT2D eigenvalue weighted by Gasteiger charge is 2.34. The van der Waals surface area contributed by atoms with Crippen LogP contribution in [0.15, 0.2) is 35.4 Å². The number of pyridine rings is 1. The first-order valence-corrected chi connectivity index (χ1v) is 13.7. The third-order valence-electron chi connectivity index (χ3n) is 7.57. The van der Waals surface area contributed by atoms with Gasteiger partial charge in [-0.15, -0.1) is 0 Å². The average Bonchev–Trinajstić information content (AvgIpc) is 3.30. The summed E-state index contributed by atoms with van der Waals surface area (Å²) in [5.41, 5.74) is -0.201. The van der Waals surface area contributed by atoms with E-state index < -0.39 is 11.7 Å². The van der Waals surface area contributed by atoms with Crippen molar-refractivity contribution >= 4 is 35.0 Å². The Morgan fingerprint density at radius 1 is 1.15 bits per heavy atom. The molecule has 3 heterocycles. The summed E-state index contributed by atoms with van der Waals surface area (Å²) in [6, 6.07) is 4.98. The SMILES string of the molecule is COC1CC(n2cccc(Nc3cc(N(C)C(=O)OC(C)(C)C)n4ncc(C(=O)NC5CC[C@@H]5OC)c4n3)c2=O)C1. The van der Waals surface area contributed by atoms with Gasteiger partial charge in [-0.1, -0.05) is 0 Å². The Balaban J connectivity index is 1.51. The van der Waals surface area contributed by atoms with Crippen LogP contribution in [0.3, 0.4) is 0 Å². The summed E-state index contributed by atoms with van der Waals surface area (Å²) < 4.78 is 19.4. The summed E-state index contributed by atoms with van der Waals surface area (Å²) in [4.78, 5) is 45.6. The highest BCUT2D eigenvalue weighted by molar-refractivity contribution is 6.00. The van der Waals surface area contributed by atoms with Crippen molar-refractivity contribution in [3.63, 3.8) is 0 Å². The lowest BCUT2D eigenvalue weighted by Gasteiger charge is -2.35. The number of hydrogen-bond donors (Lipinski definition) is 2. The Labute approximate surface area is 237 Å². The Bertz CT molecular complexity index is 1500. The number of anilines is 3. The summed E-state index contributed by atoms with van der Waals surface area (Å²) in [7, 11) is 4.83. The second kappa shape index (κ2) is 11.1. The van der Waals surface area contributed by atoms with Gasteiger partial charge < -0.3 is 29.4 Å². The summed E-state index contributed by atoms with van der Waals surface area (Å²) in [6.45, 7) is 5.32. The van der Waals surface area contributed by atoms with Crippen molar-refractivity contribution in [2.45, 2.75) is 76.3 Å². The van der Waals surface area contributed by atoms with E-state index in [2.05, 4.69) is 20.7 Å². The van der Waals surface area contributed by atoms with Crippen LogP contribution in [0.4, 0.5) is 22.1 Å². The van der Waals surface area contributed by atoms with Crippen molar-refractivity contribution in [1.29, 1.82) is 0 Å². The lowest BCUT2D eigenvalue weighted by molar-refractivity contribution is 0.00522. The van der Waals surface area contributed by atoms with Gasteiger partial charge in [-0.2, -0.15) is 9.61 Å². The molecule has 41 heavy (non-hydrogen) atoms. The molecular weight excluding hydrogens is 530 g/mol. The first-order valence-electron chi connectivity index (χ1n) is 13.7. The van der Waals surface area contributed by atoms with E-state index in [4.69, 9.17) is 14.2 Å². The van der Waals surface area contributed by atoms with Crippen LogP contribution in [0.5, 0.6) is 0 Å². The van der Waals surface area contributed by atoms with E-state index in [0.717, 1.165) is 25.7 Å². The molecule has 2 atom stereocenters. The van der Waals surface area contributed by atoms with Gasteiger partial charge in [0.15, 0.2) is 5.65 Å². The number of nitrogens with one attached hydrogen (secondary N) is 2. The first-order chi connectivity index (χ1) is 19.5. The van der Waals surface area contributed by atoms with Crippen LogP contribution in [0.25, 0.3) is 5.65 Å². The van der Waals surface area contributed by atoms with E-state index in [9.17, 15) is 14.4 Å². The number of methoxy groups -OCH3 is 2. The number of hydrogen-bond acceptors (Lipinski definition) is 9. The first kappa shape index (κ1) is 28.6. The summed E-state index contributed by atoms with van der Waals surface area (Å²) in [5.74, 6) is 0.193. The Morgan fingerprint density at radius 3 is 2.54 bits per heavy atom. The van der Waals surface area contributed by atoms with Crippen molar-refractivity contribution in [1.82, 2.24) is 24.5 Å². The van der Waals surface area contributed by atoms with Gasteiger partial charge in [0.05, 0.1) is 24.4 Å². The lowest BCUT2D eigenvalue weighted by atomic mass is 9.89. The van der Waals surface area contributed by atoms with E-state index in [1.54, 1.807) is 71.0 Å². The minimum atomic E-state index is -0.729. The Morgan fingerprint density at radius 2 is 1.90 bits per heavy atom. The van der Waals surface area contributed by atoms with Crippen molar-refractivity contribution < 1.29 is 23.8 Å². The molecule has 5 rings (SSSR count). The smallest absolute Gasteiger partial charge is 0.415 e. The third kappa shape index (κ3) is 5.77. The summed E-state index contributed by atoms with van der Waals surface area (Å²) >= 11 is 0. The minimum absolute atomic E-state index is 0.0464. The summed E-state index contributed by atoms with van der Waals surface area (Å²) in [5, 5.41) is 10.5. The Hall–Kier alpha value is -3.97. The van der Waals surface area contributed by atoms with Crippen molar-refractivity contribution in [3.05, 3.63) is 46.5 Å². The quantitative estimate of drug-likeness (QED) is 0.419. The van der Waals surface area contributed by atoms with Crippen molar-refractivity contribution in [2.24, 2.45) is 0 Å². The third-order valence-corrected chi connectivity index (χ3v) is 7.57. The van der Waals surface area contributed by atoms with E-state index in [-0.39, 0.29) is 52.8 Å². The Kier molecular flexibility index (Phi) is 7.75. The molecule has 0 radical (unpaired) electrons. The van der Waals surface area contributed by atoms with E-state index in [1.807, 2.05) is 0 Å². The van der Waals surface area contributed by atoms with E-state index >= 15 is 0 Å². The molecule has 1 unspecified atom stereocenters. The maximum Gasteiger partial charge on any atom is 0.415 e. The minimum Gasteiger partial charge on any atom is -0.443 e. The molecule has 0 spiro atoms. The zero-order valence-corrected chi connectivity index (χ0v) is 24.2. The van der Waals surface area contributed by atoms with Gasteiger partial charge in [-0.05, 0) is 58.6 Å². The van der Waals surface area contributed by atoms with Crippen LogP contribution in [-0.2, 0) is 14.2 Å².